The minimum atomic E-state index is -3.44. The maximum Gasteiger partial charge on any atom is 0.259 e. The highest BCUT2D eigenvalue weighted by Crippen LogP contribution is 2.27. The monoisotopic (exact) mass is 445 g/mol. The summed E-state index contributed by atoms with van der Waals surface area (Å²) in [6.45, 7) is 0.547. The van der Waals surface area contributed by atoms with Crippen LogP contribution in [-0.2, 0) is 9.84 Å². The van der Waals surface area contributed by atoms with Gasteiger partial charge in [-0.1, -0.05) is 41.9 Å². The maximum atomic E-state index is 12.8. The number of carbonyl (C=O) groups is 1. The van der Waals surface area contributed by atoms with Crippen molar-refractivity contribution in [2.45, 2.75) is 4.90 Å². The largest absolute Gasteiger partial charge is 0.490 e. The predicted molar refractivity (Wildman–Crippen MR) is 116 cm³/mol. The smallest absolute Gasteiger partial charge is 0.259 e. The van der Waals surface area contributed by atoms with Crippen LogP contribution >= 0.6 is 11.6 Å². The molecule has 8 heteroatoms. The molecule has 0 aliphatic rings. The van der Waals surface area contributed by atoms with Crippen LogP contribution in [0.1, 0.15) is 10.4 Å². The van der Waals surface area contributed by atoms with Crippen molar-refractivity contribution in [3.63, 3.8) is 0 Å². The molecule has 3 aromatic rings. The van der Waals surface area contributed by atoms with Gasteiger partial charge in [0.1, 0.15) is 24.7 Å². The fourth-order valence-electron chi connectivity index (χ4n) is 2.63. The van der Waals surface area contributed by atoms with Crippen molar-refractivity contribution in [1.29, 1.82) is 0 Å². The lowest BCUT2D eigenvalue weighted by molar-refractivity contribution is 0.102. The Bertz CT molecular complexity index is 1130. The van der Waals surface area contributed by atoms with Crippen molar-refractivity contribution in [2.75, 3.05) is 24.8 Å². The zero-order valence-electron chi connectivity index (χ0n) is 16.2. The van der Waals surface area contributed by atoms with Gasteiger partial charge in [-0.05, 0) is 42.5 Å². The molecule has 0 aliphatic carbocycles. The standard InChI is InChI=1S/C22H20ClNO5S/c1-30(26,27)17-11-12-19(23)20(15-17)24-22(25)18-9-5-6-10-21(18)29-14-13-28-16-7-3-2-4-8-16/h2-12,15H,13-14H2,1H3,(H,24,25). The third-order valence-electron chi connectivity index (χ3n) is 4.10. The highest BCUT2D eigenvalue weighted by atomic mass is 35.5. The minimum absolute atomic E-state index is 0.0600. The first-order valence-electron chi connectivity index (χ1n) is 9.05. The number of nitrogens with one attached hydrogen (secondary N) is 1. The lowest BCUT2D eigenvalue weighted by atomic mass is 10.2. The lowest BCUT2D eigenvalue weighted by Gasteiger charge is -2.13. The highest BCUT2D eigenvalue weighted by molar-refractivity contribution is 7.90. The van der Waals surface area contributed by atoms with Gasteiger partial charge in [0.15, 0.2) is 9.84 Å². The number of hydrogen-bond acceptors (Lipinski definition) is 5. The molecule has 0 aliphatic heterocycles. The Balaban J connectivity index is 1.68. The van der Waals surface area contributed by atoms with Gasteiger partial charge >= 0.3 is 0 Å². The number of benzene rings is 3. The molecule has 0 saturated heterocycles. The molecule has 6 nitrogen and oxygen atoms in total. The van der Waals surface area contributed by atoms with Gasteiger partial charge in [0, 0.05) is 6.26 Å². The second-order valence-corrected chi connectivity index (χ2v) is 8.80. The van der Waals surface area contributed by atoms with E-state index in [1.54, 1.807) is 24.3 Å². The first-order chi connectivity index (χ1) is 14.3. The Kier molecular flexibility index (Phi) is 6.97. The van der Waals surface area contributed by atoms with Crippen LogP contribution in [-0.4, -0.2) is 33.8 Å². The van der Waals surface area contributed by atoms with Gasteiger partial charge in [0.2, 0.25) is 0 Å². The third kappa shape index (κ3) is 5.75. The molecule has 0 heterocycles. The van der Waals surface area contributed by atoms with Crippen LogP contribution < -0.4 is 14.8 Å². The van der Waals surface area contributed by atoms with Gasteiger partial charge < -0.3 is 14.8 Å². The number of halogens is 1. The predicted octanol–water partition coefficient (Wildman–Crippen LogP) is 4.45. The number of amides is 1. The number of hydrogen-bond donors (Lipinski definition) is 1. The first kappa shape index (κ1) is 21.7. The Morgan fingerprint density at radius 1 is 0.933 bits per heavy atom. The number of carbonyl (C=O) groups excluding carboxylic acids is 1. The molecular formula is C22H20ClNO5S. The Morgan fingerprint density at radius 2 is 1.60 bits per heavy atom. The number of para-hydroxylation sites is 2. The van der Waals surface area contributed by atoms with Crippen molar-refractivity contribution >= 4 is 33.0 Å². The Morgan fingerprint density at radius 3 is 2.33 bits per heavy atom. The number of ether oxygens (including phenoxy) is 2. The molecule has 1 amide bonds. The van der Waals surface area contributed by atoms with Crippen LogP contribution in [0.25, 0.3) is 0 Å². The van der Waals surface area contributed by atoms with Gasteiger partial charge in [0.25, 0.3) is 5.91 Å². The van der Waals surface area contributed by atoms with Crippen molar-refractivity contribution < 1.29 is 22.7 Å². The zero-order valence-corrected chi connectivity index (χ0v) is 17.7. The minimum Gasteiger partial charge on any atom is -0.490 e. The van der Waals surface area contributed by atoms with Crippen molar-refractivity contribution in [3.8, 4) is 11.5 Å². The summed E-state index contributed by atoms with van der Waals surface area (Å²) in [5.41, 5.74) is 0.491. The van der Waals surface area contributed by atoms with E-state index in [9.17, 15) is 13.2 Å². The van der Waals surface area contributed by atoms with Crippen LogP contribution in [0.15, 0.2) is 77.7 Å². The Hall–Kier alpha value is -3.03. The lowest BCUT2D eigenvalue weighted by Crippen LogP contribution is -2.16. The molecular weight excluding hydrogens is 426 g/mol. The molecule has 1 N–H and O–H groups in total. The summed E-state index contributed by atoms with van der Waals surface area (Å²) < 4.78 is 34.8. The molecule has 0 spiro atoms. The number of anilines is 1. The summed E-state index contributed by atoms with van der Waals surface area (Å²) in [5, 5.41) is 2.88. The van der Waals surface area contributed by atoms with E-state index in [1.807, 2.05) is 30.3 Å². The molecule has 0 radical (unpaired) electrons. The summed E-state index contributed by atoms with van der Waals surface area (Å²) in [5.74, 6) is 0.636. The van der Waals surface area contributed by atoms with Crippen LogP contribution in [0.4, 0.5) is 5.69 Å². The third-order valence-corrected chi connectivity index (χ3v) is 5.54. The number of sulfone groups is 1. The summed E-state index contributed by atoms with van der Waals surface area (Å²) in [6, 6.07) is 20.2. The van der Waals surface area contributed by atoms with Gasteiger partial charge in [-0.2, -0.15) is 0 Å². The highest BCUT2D eigenvalue weighted by Gasteiger charge is 2.16. The van der Waals surface area contributed by atoms with Gasteiger partial charge in [-0.15, -0.1) is 0 Å². The molecule has 3 aromatic carbocycles. The number of rotatable bonds is 8. The van der Waals surface area contributed by atoms with E-state index in [1.165, 1.54) is 18.2 Å². The second-order valence-electron chi connectivity index (χ2n) is 6.37. The van der Waals surface area contributed by atoms with Gasteiger partial charge in [0.05, 0.1) is 21.2 Å². The van der Waals surface area contributed by atoms with Crippen LogP contribution in [0.5, 0.6) is 11.5 Å². The second kappa shape index (κ2) is 9.65. The van der Waals surface area contributed by atoms with Crippen molar-refractivity contribution in [2.24, 2.45) is 0 Å². The fraction of sp³-hybridized carbons (Fsp3) is 0.136. The van der Waals surface area contributed by atoms with Gasteiger partial charge in [-0.3, -0.25) is 4.79 Å². The molecule has 30 heavy (non-hydrogen) atoms. The summed E-state index contributed by atoms with van der Waals surface area (Å²) in [4.78, 5) is 12.8. The fourth-order valence-corrected chi connectivity index (χ4v) is 3.44. The normalized spacial score (nSPS) is 11.0. The van der Waals surface area contributed by atoms with E-state index in [2.05, 4.69) is 5.32 Å². The molecule has 0 aromatic heterocycles. The quantitative estimate of drug-likeness (QED) is 0.518. The molecule has 0 atom stereocenters. The Labute approximate surface area is 180 Å². The molecule has 0 saturated carbocycles. The van der Waals surface area contributed by atoms with E-state index in [0.717, 1.165) is 12.0 Å². The van der Waals surface area contributed by atoms with E-state index in [0.29, 0.717) is 12.4 Å². The van der Waals surface area contributed by atoms with Crippen molar-refractivity contribution in [3.05, 3.63) is 83.4 Å². The molecule has 0 fully saturated rings. The molecule has 0 unspecified atom stereocenters. The van der Waals surface area contributed by atoms with Crippen LogP contribution in [0.3, 0.4) is 0 Å². The first-order valence-corrected chi connectivity index (χ1v) is 11.3. The van der Waals surface area contributed by atoms with E-state index in [4.69, 9.17) is 21.1 Å². The molecule has 0 bridgehead atoms. The SMILES string of the molecule is CS(=O)(=O)c1ccc(Cl)c(NC(=O)c2ccccc2OCCOc2ccccc2)c1. The van der Waals surface area contributed by atoms with E-state index >= 15 is 0 Å². The van der Waals surface area contributed by atoms with Crippen molar-refractivity contribution in [1.82, 2.24) is 0 Å². The molecule has 156 valence electrons. The summed E-state index contributed by atoms with van der Waals surface area (Å²) in [6.07, 6.45) is 1.09. The average molecular weight is 446 g/mol. The summed E-state index contributed by atoms with van der Waals surface area (Å²) >= 11 is 6.12. The topological polar surface area (TPSA) is 81.7 Å². The maximum absolute atomic E-state index is 12.8. The van der Waals surface area contributed by atoms with E-state index in [-0.39, 0.29) is 27.8 Å². The summed E-state index contributed by atoms with van der Waals surface area (Å²) in [7, 11) is -3.44. The average Bonchev–Trinajstić information content (AvgIpc) is 2.73. The van der Waals surface area contributed by atoms with Gasteiger partial charge in [-0.25, -0.2) is 8.42 Å². The molecule has 3 rings (SSSR count). The van der Waals surface area contributed by atoms with Crippen LogP contribution in [0.2, 0.25) is 5.02 Å². The zero-order chi connectivity index (χ0) is 21.6. The van der Waals surface area contributed by atoms with Crippen LogP contribution in [0, 0.1) is 0 Å². The van der Waals surface area contributed by atoms with E-state index < -0.39 is 15.7 Å².